The highest BCUT2D eigenvalue weighted by Crippen LogP contribution is 2.05. The zero-order valence-electron chi connectivity index (χ0n) is 4.96. The first kappa shape index (κ1) is 6.01. The molecular formula is C5H11NO2. The van der Waals surface area contributed by atoms with Gasteiger partial charge in [0.2, 0.25) is 0 Å². The van der Waals surface area contributed by atoms with E-state index in [0.29, 0.717) is 13.2 Å². The third kappa shape index (κ3) is 1.18. The van der Waals surface area contributed by atoms with Gasteiger partial charge in [-0.25, -0.2) is 0 Å². The molecule has 0 amide bonds. The van der Waals surface area contributed by atoms with Crippen molar-refractivity contribution in [2.24, 2.45) is 5.73 Å². The van der Waals surface area contributed by atoms with Gasteiger partial charge >= 0.3 is 0 Å². The summed E-state index contributed by atoms with van der Waals surface area (Å²) in [5.74, 6) is 0. The molecule has 48 valence electrons. The van der Waals surface area contributed by atoms with Crippen LogP contribution in [0.25, 0.3) is 0 Å². The van der Waals surface area contributed by atoms with Gasteiger partial charge < -0.3 is 15.2 Å². The second-order valence-corrected chi connectivity index (χ2v) is 1.97. The molecule has 0 bridgehead atoms. The number of ether oxygens (including phenoxy) is 2. The summed E-state index contributed by atoms with van der Waals surface area (Å²) in [5, 5.41) is 0. The third-order valence-electron chi connectivity index (χ3n) is 1.08. The molecule has 3 nitrogen and oxygen atoms in total. The normalized spacial score (nSPS) is 26.2. The number of hydrogen-bond donors (Lipinski definition) is 1. The SMILES string of the molecule is CC(N)C1OCCO1. The minimum Gasteiger partial charge on any atom is -0.349 e. The summed E-state index contributed by atoms with van der Waals surface area (Å²) < 4.78 is 10.1. The van der Waals surface area contributed by atoms with E-state index in [1.165, 1.54) is 0 Å². The molecule has 2 N–H and O–H groups in total. The van der Waals surface area contributed by atoms with E-state index in [1.54, 1.807) is 0 Å². The summed E-state index contributed by atoms with van der Waals surface area (Å²) in [6.07, 6.45) is -0.157. The average Bonchev–Trinajstić information content (AvgIpc) is 2.12. The molecule has 0 aromatic heterocycles. The van der Waals surface area contributed by atoms with Gasteiger partial charge in [0.15, 0.2) is 6.29 Å². The molecule has 1 heterocycles. The topological polar surface area (TPSA) is 44.5 Å². The van der Waals surface area contributed by atoms with Crippen LogP contribution in [0.1, 0.15) is 6.92 Å². The van der Waals surface area contributed by atoms with Crippen molar-refractivity contribution in [1.82, 2.24) is 0 Å². The first-order valence-electron chi connectivity index (χ1n) is 2.79. The van der Waals surface area contributed by atoms with Crippen LogP contribution in [-0.4, -0.2) is 25.5 Å². The predicted molar refractivity (Wildman–Crippen MR) is 29.3 cm³/mol. The Labute approximate surface area is 48.8 Å². The summed E-state index contributed by atoms with van der Waals surface area (Å²) >= 11 is 0. The quantitative estimate of drug-likeness (QED) is 0.513. The van der Waals surface area contributed by atoms with E-state index in [-0.39, 0.29) is 12.3 Å². The van der Waals surface area contributed by atoms with Gasteiger partial charge in [-0.3, -0.25) is 0 Å². The smallest absolute Gasteiger partial charge is 0.172 e. The molecule has 1 saturated heterocycles. The number of hydrogen-bond acceptors (Lipinski definition) is 3. The molecular weight excluding hydrogens is 106 g/mol. The Morgan fingerprint density at radius 3 is 2.25 bits per heavy atom. The molecule has 1 rings (SSSR count). The van der Waals surface area contributed by atoms with Crippen molar-refractivity contribution in [1.29, 1.82) is 0 Å². The van der Waals surface area contributed by atoms with Gasteiger partial charge in [0.05, 0.1) is 19.3 Å². The molecule has 0 aromatic carbocycles. The third-order valence-corrected chi connectivity index (χ3v) is 1.08. The van der Waals surface area contributed by atoms with Crippen LogP contribution in [0.15, 0.2) is 0 Å². The van der Waals surface area contributed by atoms with Gasteiger partial charge in [-0.2, -0.15) is 0 Å². The summed E-state index contributed by atoms with van der Waals surface area (Å²) in [6.45, 7) is 3.24. The van der Waals surface area contributed by atoms with Gasteiger partial charge in [-0.05, 0) is 6.92 Å². The van der Waals surface area contributed by atoms with Crippen LogP contribution in [0.5, 0.6) is 0 Å². The lowest BCUT2D eigenvalue weighted by Gasteiger charge is -2.11. The summed E-state index contributed by atoms with van der Waals surface area (Å²) in [4.78, 5) is 0. The lowest BCUT2D eigenvalue weighted by molar-refractivity contribution is -0.0548. The van der Waals surface area contributed by atoms with E-state index >= 15 is 0 Å². The molecule has 1 atom stereocenters. The zero-order valence-corrected chi connectivity index (χ0v) is 4.96. The fourth-order valence-corrected chi connectivity index (χ4v) is 0.680. The van der Waals surface area contributed by atoms with Crippen LogP contribution in [0.3, 0.4) is 0 Å². The van der Waals surface area contributed by atoms with Crippen molar-refractivity contribution < 1.29 is 9.47 Å². The molecule has 0 radical (unpaired) electrons. The van der Waals surface area contributed by atoms with Gasteiger partial charge in [-0.1, -0.05) is 0 Å². The van der Waals surface area contributed by atoms with E-state index < -0.39 is 0 Å². The highest BCUT2D eigenvalue weighted by Gasteiger charge is 2.19. The lowest BCUT2D eigenvalue weighted by atomic mass is 10.4. The first-order valence-corrected chi connectivity index (χ1v) is 2.79. The second-order valence-electron chi connectivity index (χ2n) is 1.97. The second kappa shape index (κ2) is 2.44. The summed E-state index contributed by atoms with van der Waals surface area (Å²) in [5.41, 5.74) is 5.45. The van der Waals surface area contributed by atoms with Gasteiger partial charge in [0, 0.05) is 0 Å². The first-order chi connectivity index (χ1) is 3.80. The van der Waals surface area contributed by atoms with Crippen LogP contribution in [-0.2, 0) is 9.47 Å². The van der Waals surface area contributed by atoms with Crippen molar-refractivity contribution in [3.8, 4) is 0 Å². The number of rotatable bonds is 1. The molecule has 0 saturated carbocycles. The molecule has 0 aliphatic carbocycles. The Hall–Kier alpha value is -0.120. The largest absolute Gasteiger partial charge is 0.349 e. The molecule has 8 heavy (non-hydrogen) atoms. The average molecular weight is 117 g/mol. The van der Waals surface area contributed by atoms with Crippen molar-refractivity contribution in [2.75, 3.05) is 13.2 Å². The molecule has 3 heteroatoms. The monoisotopic (exact) mass is 117 g/mol. The van der Waals surface area contributed by atoms with Crippen LogP contribution in [0.4, 0.5) is 0 Å². The molecule has 0 aromatic rings. The van der Waals surface area contributed by atoms with Crippen molar-refractivity contribution in [2.45, 2.75) is 19.3 Å². The molecule has 1 unspecified atom stereocenters. The van der Waals surface area contributed by atoms with Crippen molar-refractivity contribution in [3.05, 3.63) is 0 Å². The summed E-state index contributed by atoms with van der Waals surface area (Å²) in [6, 6.07) is -0.00231. The maximum atomic E-state index is 5.45. The fourth-order valence-electron chi connectivity index (χ4n) is 0.680. The minimum absolute atomic E-state index is 0.00231. The van der Waals surface area contributed by atoms with Crippen LogP contribution in [0.2, 0.25) is 0 Å². The molecule has 1 aliphatic rings. The predicted octanol–water partition coefficient (Wildman–Crippen LogP) is -0.294. The molecule has 0 spiro atoms. The van der Waals surface area contributed by atoms with Crippen LogP contribution < -0.4 is 5.73 Å². The van der Waals surface area contributed by atoms with E-state index in [0.717, 1.165) is 0 Å². The zero-order chi connectivity index (χ0) is 5.98. The minimum atomic E-state index is -0.157. The van der Waals surface area contributed by atoms with Crippen LogP contribution in [0, 0.1) is 0 Å². The Morgan fingerprint density at radius 2 is 2.00 bits per heavy atom. The molecule has 1 aliphatic heterocycles. The number of nitrogens with two attached hydrogens (primary N) is 1. The van der Waals surface area contributed by atoms with E-state index in [9.17, 15) is 0 Å². The van der Waals surface area contributed by atoms with Gasteiger partial charge in [0.1, 0.15) is 0 Å². The lowest BCUT2D eigenvalue weighted by Crippen LogP contribution is -2.31. The Bertz CT molecular complexity index is 68.8. The van der Waals surface area contributed by atoms with Crippen molar-refractivity contribution in [3.63, 3.8) is 0 Å². The maximum absolute atomic E-state index is 5.45. The van der Waals surface area contributed by atoms with Gasteiger partial charge in [-0.15, -0.1) is 0 Å². The maximum Gasteiger partial charge on any atom is 0.172 e. The molecule has 1 fully saturated rings. The van der Waals surface area contributed by atoms with E-state index in [2.05, 4.69) is 0 Å². The Balaban J connectivity index is 2.24. The van der Waals surface area contributed by atoms with Crippen molar-refractivity contribution >= 4 is 0 Å². The van der Waals surface area contributed by atoms with Crippen LogP contribution >= 0.6 is 0 Å². The summed E-state index contributed by atoms with van der Waals surface area (Å²) in [7, 11) is 0. The Kier molecular flexibility index (Phi) is 1.83. The fraction of sp³-hybridized carbons (Fsp3) is 1.00. The standard InChI is InChI=1S/C5H11NO2/c1-4(6)5-7-2-3-8-5/h4-5H,2-3,6H2,1H3. The van der Waals surface area contributed by atoms with Gasteiger partial charge in [0.25, 0.3) is 0 Å². The Morgan fingerprint density at radius 1 is 1.50 bits per heavy atom. The highest BCUT2D eigenvalue weighted by molar-refractivity contribution is 4.61. The van der Waals surface area contributed by atoms with E-state index in [1.807, 2.05) is 6.92 Å². The van der Waals surface area contributed by atoms with E-state index in [4.69, 9.17) is 15.2 Å². The highest BCUT2D eigenvalue weighted by atomic mass is 16.7.